The number of nitrogens with zero attached hydrogens (tertiary/aromatic N) is 2. The van der Waals surface area contributed by atoms with Crippen molar-refractivity contribution in [1.29, 1.82) is 0 Å². The number of aryl methyl sites for hydroxylation is 1. The standard InChI is InChI=1S/C19H17N3O2/c1-13-5-2-3-8-17(13)14-6-4-7-15(9-14)22-19(24)18-11-20-16(12-23)10-21-18/h2-11,23H,12H2,1H3,(H,22,24). The van der Waals surface area contributed by atoms with Crippen LogP contribution in [-0.4, -0.2) is 21.0 Å². The zero-order valence-electron chi connectivity index (χ0n) is 13.2. The maximum atomic E-state index is 12.3. The van der Waals surface area contributed by atoms with Gasteiger partial charge in [0.15, 0.2) is 0 Å². The molecule has 0 spiro atoms. The maximum absolute atomic E-state index is 12.3. The Balaban J connectivity index is 1.81. The van der Waals surface area contributed by atoms with Crippen LogP contribution < -0.4 is 5.32 Å². The number of carbonyl (C=O) groups is 1. The van der Waals surface area contributed by atoms with Gasteiger partial charge in [-0.1, -0.05) is 36.4 Å². The summed E-state index contributed by atoms with van der Waals surface area (Å²) in [5, 5.41) is 11.8. The number of aliphatic hydroxyl groups is 1. The fraction of sp³-hybridized carbons (Fsp3) is 0.105. The van der Waals surface area contributed by atoms with E-state index in [4.69, 9.17) is 5.11 Å². The molecule has 120 valence electrons. The molecule has 2 N–H and O–H groups in total. The molecule has 0 fully saturated rings. The predicted octanol–water partition coefficient (Wildman–Crippen LogP) is 3.20. The monoisotopic (exact) mass is 319 g/mol. The summed E-state index contributed by atoms with van der Waals surface area (Å²) in [6, 6.07) is 15.8. The van der Waals surface area contributed by atoms with Crippen LogP contribution in [0.4, 0.5) is 5.69 Å². The summed E-state index contributed by atoms with van der Waals surface area (Å²) >= 11 is 0. The second kappa shape index (κ2) is 7.02. The van der Waals surface area contributed by atoms with Crippen LogP contribution in [0.15, 0.2) is 60.9 Å². The van der Waals surface area contributed by atoms with E-state index in [0.717, 1.165) is 11.1 Å². The van der Waals surface area contributed by atoms with Gasteiger partial charge in [-0.05, 0) is 35.7 Å². The van der Waals surface area contributed by atoms with Crippen LogP contribution in [0.1, 0.15) is 21.7 Å². The lowest BCUT2D eigenvalue weighted by Crippen LogP contribution is -2.14. The molecule has 0 bridgehead atoms. The summed E-state index contributed by atoms with van der Waals surface area (Å²) < 4.78 is 0. The number of amides is 1. The summed E-state index contributed by atoms with van der Waals surface area (Å²) in [5.74, 6) is -0.339. The normalized spacial score (nSPS) is 10.4. The number of rotatable bonds is 4. The first-order valence-corrected chi connectivity index (χ1v) is 7.56. The molecular formula is C19H17N3O2. The van der Waals surface area contributed by atoms with E-state index in [-0.39, 0.29) is 18.2 Å². The summed E-state index contributed by atoms with van der Waals surface area (Å²) in [7, 11) is 0. The smallest absolute Gasteiger partial charge is 0.275 e. The number of hydrogen-bond donors (Lipinski definition) is 2. The van der Waals surface area contributed by atoms with Gasteiger partial charge in [0.1, 0.15) is 5.69 Å². The molecule has 0 saturated carbocycles. The van der Waals surface area contributed by atoms with Gasteiger partial charge < -0.3 is 10.4 Å². The average molecular weight is 319 g/mol. The Bertz CT molecular complexity index is 860. The fourth-order valence-electron chi connectivity index (χ4n) is 2.41. The third-order valence-electron chi connectivity index (χ3n) is 3.68. The van der Waals surface area contributed by atoms with Crippen molar-refractivity contribution in [2.45, 2.75) is 13.5 Å². The highest BCUT2D eigenvalue weighted by atomic mass is 16.3. The third-order valence-corrected chi connectivity index (χ3v) is 3.68. The van der Waals surface area contributed by atoms with E-state index in [2.05, 4.69) is 34.3 Å². The lowest BCUT2D eigenvalue weighted by molar-refractivity contribution is 0.102. The second-order valence-corrected chi connectivity index (χ2v) is 5.40. The molecule has 0 unspecified atom stereocenters. The Labute approximate surface area is 140 Å². The molecule has 5 heteroatoms. The Morgan fingerprint density at radius 1 is 1.08 bits per heavy atom. The van der Waals surface area contributed by atoms with Gasteiger partial charge >= 0.3 is 0 Å². The van der Waals surface area contributed by atoms with E-state index in [0.29, 0.717) is 11.4 Å². The first-order chi connectivity index (χ1) is 11.7. The number of anilines is 1. The lowest BCUT2D eigenvalue weighted by atomic mass is 10.0. The highest BCUT2D eigenvalue weighted by Gasteiger charge is 2.09. The summed E-state index contributed by atoms with van der Waals surface area (Å²) in [6.07, 6.45) is 2.74. The van der Waals surface area contributed by atoms with Crippen molar-refractivity contribution in [3.8, 4) is 11.1 Å². The van der Waals surface area contributed by atoms with Gasteiger partial charge in [-0.15, -0.1) is 0 Å². The molecule has 0 atom stereocenters. The molecule has 1 heterocycles. The number of aliphatic hydroxyl groups excluding tert-OH is 1. The van der Waals surface area contributed by atoms with Gasteiger partial charge in [-0.25, -0.2) is 4.98 Å². The van der Waals surface area contributed by atoms with Crippen LogP contribution in [0.25, 0.3) is 11.1 Å². The molecule has 1 aromatic heterocycles. The molecule has 2 aromatic carbocycles. The fourth-order valence-corrected chi connectivity index (χ4v) is 2.41. The first-order valence-electron chi connectivity index (χ1n) is 7.56. The predicted molar refractivity (Wildman–Crippen MR) is 92.5 cm³/mol. The van der Waals surface area contributed by atoms with E-state index in [9.17, 15) is 4.79 Å². The van der Waals surface area contributed by atoms with Gasteiger partial charge in [0, 0.05) is 5.69 Å². The van der Waals surface area contributed by atoms with Crippen molar-refractivity contribution in [3.63, 3.8) is 0 Å². The van der Waals surface area contributed by atoms with Crippen LogP contribution in [0.5, 0.6) is 0 Å². The Kier molecular flexibility index (Phi) is 4.63. The Morgan fingerprint density at radius 2 is 1.92 bits per heavy atom. The van der Waals surface area contributed by atoms with Crippen molar-refractivity contribution in [3.05, 3.63) is 77.9 Å². The quantitative estimate of drug-likeness (QED) is 0.774. The molecule has 3 aromatic rings. The van der Waals surface area contributed by atoms with Gasteiger partial charge in [0.05, 0.1) is 24.7 Å². The minimum Gasteiger partial charge on any atom is -0.390 e. The number of benzene rings is 2. The molecule has 1 amide bonds. The molecule has 3 rings (SSSR count). The minimum absolute atomic E-state index is 0.201. The number of aromatic nitrogens is 2. The summed E-state index contributed by atoms with van der Waals surface area (Å²) in [4.78, 5) is 20.2. The second-order valence-electron chi connectivity index (χ2n) is 5.40. The molecular weight excluding hydrogens is 302 g/mol. The summed E-state index contributed by atoms with van der Waals surface area (Å²) in [5.41, 5.74) is 4.65. The van der Waals surface area contributed by atoms with Crippen LogP contribution >= 0.6 is 0 Å². The van der Waals surface area contributed by atoms with Gasteiger partial charge in [-0.2, -0.15) is 0 Å². The molecule has 0 radical (unpaired) electrons. The molecule has 0 aliphatic carbocycles. The average Bonchev–Trinajstić information content (AvgIpc) is 2.62. The molecule has 24 heavy (non-hydrogen) atoms. The third kappa shape index (κ3) is 3.47. The highest BCUT2D eigenvalue weighted by Crippen LogP contribution is 2.25. The van der Waals surface area contributed by atoms with Crippen molar-refractivity contribution in [2.75, 3.05) is 5.32 Å². The van der Waals surface area contributed by atoms with E-state index in [1.807, 2.05) is 36.4 Å². The Morgan fingerprint density at radius 3 is 2.62 bits per heavy atom. The zero-order valence-corrected chi connectivity index (χ0v) is 13.2. The van der Waals surface area contributed by atoms with Crippen molar-refractivity contribution in [1.82, 2.24) is 9.97 Å². The first kappa shape index (κ1) is 15.8. The van der Waals surface area contributed by atoms with Crippen molar-refractivity contribution in [2.24, 2.45) is 0 Å². The van der Waals surface area contributed by atoms with E-state index in [1.54, 1.807) is 0 Å². The molecule has 5 nitrogen and oxygen atoms in total. The van der Waals surface area contributed by atoms with E-state index < -0.39 is 0 Å². The number of nitrogens with one attached hydrogen (secondary N) is 1. The van der Waals surface area contributed by atoms with Crippen LogP contribution in [0, 0.1) is 6.92 Å². The lowest BCUT2D eigenvalue weighted by Gasteiger charge is -2.09. The highest BCUT2D eigenvalue weighted by molar-refractivity contribution is 6.02. The molecule has 0 aliphatic heterocycles. The topological polar surface area (TPSA) is 75.1 Å². The van der Waals surface area contributed by atoms with Crippen LogP contribution in [0.2, 0.25) is 0 Å². The zero-order chi connectivity index (χ0) is 16.9. The van der Waals surface area contributed by atoms with Crippen molar-refractivity contribution >= 4 is 11.6 Å². The van der Waals surface area contributed by atoms with Crippen LogP contribution in [-0.2, 0) is 6.61 Å². The molecule has 0 saturated heterocycles. The van der Waals surface area contributed by atoms with E-state index >= 15 is 0 Å². The Hall–Kier alpha value is -3.05. The van der Waals surface area contributed by atoms with E-state index in [1.165, 1.54) is 18.0 Å². The number of hydrogen-bond acceptors (Lipinski definition) is 4. The largest absolute Gasteiger partial charge is 0.390 e. The number of carbonyl (C=O) groups excluding carboxylic acids is 1. The van der Waals surface area contributed by atoms with Gasteiger partial charge in [-0.3, -0.25) is 9.78 Å². The van der Waals surface area contributed by atoms with Gasteiger partial charge in [0.2, 0.25) is 0 Å². The SMILES string of the molecule is Cc1ccccc1-c1cccc(NC(=O)c2cnc(CO)cn2)c1. The van der Waals surface area contributed by atoms with Crippen LogP contribution in [0.3, 0.4) is 0 Å². The van der Waals surface area contributed by atoms with Crippen molar-refractivity contribution < 1.29 is 9.90 Å². The summed E-state index contributed by atoms with van der Waals surface area (Å²) in [6.45, 7) is 1.85. The maximum Gasteiger partial charge on any atom is 0.275 e. The van der Waals surface area contributed by atoms with Gasteiger partial charge in [0.25, 0.3) is 5.91 Å². The molecule has 0 aliphatic rings. The minimum atomic E-state index is -0.339.